The highest BCUT2D eigenvalue weighted by Crippen LogP contribution is 2.37. The predicted octanol–water partition coefficient (Wildman–Crippen LogP) is 3.22. The number of aryl methyl sites for hydroxylation is 3. The third-order valence-corrected chi connectivity index (χ3v) is 2.72. The Kier molecular flexibility index (Phi) is 3.63. The summed E-state index contributed by atoms with van der Waals surface area (Å²) in [5, 5.41) is 0. The molecule has 0 aliphatic heterocycles. The topological polar surface area (TPSA) is 26.0 Å². The van der Waals surface area contributed by atoms with E-state index in [0.29, 0.717) is 16.7 Å². The Hall–Kier alpha value is -1.03. The van der Waals surface area contributed by atoms with Gasteiger partial charge in [-0.1, -0.05) is 17.7 Å². The average molecular weight is 231 g/mol. The first-order valence-electron chi connectivity index (χ1n) is 5.12. The molecule has 0 aromatic heterocycles. The molecule has 0 fully saturated rings. The second-order valence-electron chi connectivity index (χ2n) is 4.14. The van der Waals surface area contributed by atoms with Gasteiger partial charge in [-0.3, -0.25) is 0 Å². The van der Waals surface area contributed by atoms with Gasteiger partial charge in [0.15, 0.2) is 0 Å². The molecule has 1 aromatic carbocycles. The number of halogens is 3. The summed E-state index contributed by atoms with van der Waals surface area (Å²) in [4.78, 5) is 0. The molecule has 0 heterocycles. The Morgan fingerprint density at radius 3 is 1.88 bits per heavy atom. The third kappa shape index (κ3) is 2.55. The molecular formula is C12H16F3N. The first-order valence-corrected chi connectivity index (χ1v) is 5.12. The molecule has 0 radical (unpaired) electrons. The van der Waals surface area contributed by atoms with Crippen molar-refractivity contribution in [3.63, 3.8) is 0 Å². The summed E-state index contributed by atoms with van der Waals surface area (Å²) in [5.41, 5.74) is 7.85. The molecule has 0 amide bonds. The molecule has 0 bridgehead atoms. The molecule has 0 aliphatic carbocycles. The molecule has 0 spiro atoms. The predicted molar refractivity (Wildman–Crippen MR) is 58.5 cm³/mol. The van der Waals surface area contributed by atoms with Crippen molar-refractivity contribution >= 4 is 0 Å². The van der Waals surface area contributed by atoms with E-state index < -0.39 is 18.6 Å². The van der Waals surface area contributed by atoms with Crippen LogP contribution in [-0.4, -0.2) is 12.7 Å². The fourth-order valence-corrected chi connectivity index (χ4v) is 2.16. The molecule has 1 unspecified atom stereocenters. The Balaban J connectivity index is 3.31. The van der Waals surface area contributed by atoms with E-state index in [1.165, 1.54) is 0 Å². The minimum Gasteiger partial charge on any atom is -0.330 e. The molecule has 90 valence electrons. The van der Waals surface area contributed by atoms with Crippen LogP contribution in [0.4, 0.5) is 13.2 Å². The van der Waals surface area contributed by atoms with Gasteiger partial charge in [-0.05, 0) is 37.5 Å². The van der Waals surface area contributed by atoms with Crippen LogP contribution in [0.2, 0.25) is 0 Å². The van der Waals surface area contributed by atoms with Gasteiger partial charge in [-0.15, -0.1) is 0 Å². The van der Waals surface area contributed by atoms with Crippen molar-refractivity contribution in [2.24, 2.45) is 5.73 Å². The molecule has 1 atom stereocenters. The summed E-state index contributed by atoms with van der Waals surface area (Å²) in [5.74, 6) is -1.56. The van der Waals surface area contributed by atoms with Crippen LogP contribution >= 0.6 is 0 Å². The minimum absolute atomic E-state index is 0.320. The van der Waals surface area contributed by atoms with E-state index in [0.717, 1.165) is 5.56 Å². The van der Waals surface area contributed by atoms with Crippen molar-refractivity contribution in [2.75, 3.05) is 6.54 Å². The van der Waals surface area contributed by atoms with Gasteiger partial charge in [0.1, 0.15) is 0 Å². The van der Waals surface area contributed by atoms with E-state index in [-0.39, 0.29) is 0 Å². The number of alkyl halides is 3. The van der Waals surface area contributed by atoms with Crippen molar-refractivity contribution < 1.29 is 13.2 Å². The number of benzene rings is 1. The summed E-state index contributed by atoms with van der Waals surface area (Å²) in [6, 6.07) is 3.52. The van der Waals surface area contributed by atoms with Gasteiger partial charge in [0.05, 0.1) is 5.92 Å². The summed E-state index contributed by atoms with van der Waals surface area (Å²) in [6.07, 6.45) is -4.28. The Morgan fingerprint density at radius 1 is 1.12 bits per heavy atom. The number of rotatable bonds is 2. The number of hydrogen-bond acceptors (Lipinski definition) is 1. The largest absolute Gasteiger partial charge is 0.396 e. The summed E-state index contributed by atoms with van der Waals surface area (Å²) in [7, 11) is 0. The van der Waals surface area contributed by atoms with Crippen molar-refractivity contribution in [2.45, 2.75) is 32.9 Å². The Morgan fingerprint density at radius 2 is 1.56 bits per heavy atom. The zero-order valence-corrected chi connectivity index (χ0v) is 9.65. The highest BCUT2D eigenvalue weighted by atomic mass is 19.4. The highest BCUT2D eigenvalue weighted by Gasteiger charge is 2.41. The second kappa shape index (κ2) is 4.45. The lowest BCUT2D eigenvalue weighted by Gasteiger charge is -2.23. The van der Waals surface area contributed by atoms with Crippen LogP contribution in [0.3, 0.4) is 0 Å². The van der Waals surface area contributed by atoms with E-state index in [1.54, 1.807) is 26.0 Å². The van der Waals surface area contributed by atoms with Crippen LogP contribution in [0.15, 0.2) is 12.1 Å². The zero-order valence-electron chi connectivity index (χ0n) is 9.65. The zero-order chi connectivity index (χ0) is 12.5. The molecule has 2 N–H and O–H groups in total. The van der Waals surface area contributed by atoms with Crippen LogP contribution in [0.25, 0.3) is 0 Å². The smallest absolute Gasteiger partial charge is 0.330 e. The first-order chi connectivity index (χ1) is 7.27. The minimum atomic E-state index is -4.28. The molecule has 0 saturated heterocycles. The molecule has 1 rings (SSSR count). The van der Waals surface area contributed by atoms with Gasteiger partial charge in [0.25, 0.3) is 0 Å². The van der Waals surface area contributed by atoms with Crippen LogP contribution in [0, 0.1) is 20.8 Å². The lowest BCUT2D eigenvalue weighted by molar-refractivity contribution is -0.148. The van der Waals surface area contributed by atoms with E-state index in [1.807, 2.05) is 6.92 Å². The Bertz CT molecular complexity index is 359. The third-order valence-electron chi connectivity index (χ3n) is 2.72. The SMILES string of the molecule is Cc1cc(C)c(C(CN)C(F)(F)F)c(C)c1. The van der Waals surface area contributed by atoms with Crippen LogP contribution in [-0.2, 0) is 0 Å². The quantitative estimate of drug-likeness (QED) is 0.831. The fraction of sp³-hybridized carbons (Fsp3) is 0.500. The molecule has 16 heavy (non-hydrogen) atoms. The lowest BCUT2D eigenvalue weighted by Crippen LogP contribution is -2.29. The number of hydrogen-bond donors (Lipinski definition) is 1. The van der Waals surface area contributed by atoms with Crippen LogP contribution < -0.4 is 5.73 Å². The van der Waals surface area contributed by atoms with Crippen molar-refractivity contribution in [3.8, 4) is 0 Å². The molecule has 0 aliphatic rings. The maximum Gasteiger partial charge on any atom is 0.396 e. The van der Waals surface area contributed by atoms with Crippen molar-refractivity contribution in [1.29, 1.82) is 0 Å². The average Bonchev–Trinajstić information content (AvgIpc) is 2.08. The van der Waals surface area contributed by atoms with Gasteiger partial charge in [0.2, 0.25) is 0 Å². The standard InChI is InChI=1S/C12H16F3N/c1-7-4-8(2)11(9(3)5-7)10(6-16)12(13,14)15/h4-5,10H,6,16H2,1-3H3. The van der Waals surface area contributed by atoms with Gasteiger partial charge in [-0.2, -0.15) is 13.2 Å². The molecule has 0 saturated carbocycles. The van der Waals surface area contributed by atoms with Crippen LogP contribution in [0.1, 0.15) is 28.2 Å². The van der Waals surface area contributed by atoms with Gasteiger partial charge in [0, 0.05) is 6.54 Å². The van der Waals surface area contributed by atoms with Gasteiger partial charge < -0.3 is 5.73 Å². The van der Waals surface area contributed by atoms with E-state index in [9.17, 15) is 13.2 Å². The molecule has 1 aromatic rings. The van der Waals surface area contributed by atoms with Crippen molar-refractivity contribution in [1.82, 2.24) is 0 Å². The summed E-state index contributed by atoms with van der Waals surface area (Å²) in [6.45, 7) is 4.86. The second-order valence-corrected chi connectivity index (χ2v) is 4.14. The summed E-state index contributed by atoms with van der Waals surface area (Å²) < 4.78 is 38.4. The fourth-order valence-electron chi connectivity index (χ4n) is 2.16. The highest BCUT2D eigenvalue weighted by molar-refractivity contribution is 5.40. The molecule has 1 nitrogen and oxygen atoms in total. The van der Waals surface area contributed by atoms with E-state index >= 15 is 0 Å². The summed E-state index contributed by atoms with van der Waals surface area (Å²) >= 11 is 0. The Labute approximate surface area is 93.5 Å². The maximum atomic E-state index is 12.8. The van der Waals surface area contributed by atoms with E-state index in [4.69, 9.17) is 5.73 Å². The van der Waals surface area contributed by atoms with Crippen molar-refractivity contribution in [3.05, 3.63) is 34.4 Å². The maximum absolute atomic E-state index is 12.8. The monoisotopic (exact) mass is 231 g/mol. The molecule has 4 heteroatoms. The normalized spacial score (nSPS) is 13.9. The van der Waals surface area contributed by atoms with Crippen LogP contribution in [0.5, 0.6) is 0 Å². The van der Waals surface area contributed by atoms with E-state index in [2.05, 4.69) is 0 Å². The van der Waals surface area contributed by atoms with Gasteiger partial charge >= 0.3 is 6.18 Å². The van der Waals surface area contributed by atoms with Gasteiger partial charge in [-0.25, -0.2) is 0 Å². The number of nitrogens with two attached hydrogens (primary N) is 1. The lowest BCUT2D eigenvalue weighted by atomic mass is 9.89. The molecular weight excluding hydrogens is 215 g/mol. The first kappa shape index (κ1) is 13.0.